The molecule has 0 radical (unpaired) electrons. The third-order valence-electron chi connectivity index (χ3n) is 3.90. The second-order valence-corrected chi connectivity index (χ2v) is 5.80. The van der Waals surface area contributed by atoms with E-state index in [9.17, 15) is 9.59 Å². The number of hydrogen-bond acceptors (Lipinski definition) is 9. The lowest BCUT2D eigenvalue weighted by molar-refractivity contribution is -0.188. The molecule has 1 unspecified atom stereocenters. The number of nitrogen functional groups attached to an aromatic ring is 1. The number of methoxy groups -OCH3 is 1. The number of anilines is 1. The van der Waals surface area contributed by atoms with Crippen LogP contribution in [0.1, 0.15) is 20.3 Å². The first-order chi connectivity index (χ1) is 11.7. The minimum absolute atomic E-state index is 0.00359. The number of hydrogen-bond donors (Lipinski definition) is 4. The number of nitrogens with one attached hydrogen (secondary N) is 1. The number of fused-ring (bicyclic) bond motifs is 1. The van der Waals surface area contributed by atoms with Gasteiger partial charge in [-0.3, -0.25) is 20.1 Å². The van der Waals surface area contributed by atoms with Crippen molar-refractivity contribution in [3.05, 3.63) is 16.7 Å². The molecule has 2 heterocycles. The van der Waals surface area contributed by atoms with E-state index in [1.165, 1.54) is 18.0 Å². The van der Waals surface area contributed by atoms with Gasteiger partial charge in [-0.1, -0.05) is 13.8 Å². The summed E-state index contributed by atoms with van der Waals surface area (Å²) >= 11 is 0. The van der Waals surface area contributed by atoms with E-state index in [1.807, 2.05) is 0 Å². The van der Waals surface area contributed by atoms with Gasteiger partial charge in [0.15, 0.2) is 16.8 Å². The molecule has 2 rings (SSSR count). The van der Waals surface area contributed by atoms with Crippen LogP contribution >= 0.6 is 0 Å². The molecule has 0 aliphatic rings. The number of nitrogens with two attached hydrogens (primary N) is 2. The molecule has 0 amide bonds. The van der Waals surface area contributed by atoms with E-state index < -0.39 is 29.4 Å². The minimum Gasteiger partial charge on any atom is -0.433 e. The van der Waals surface area contributed by atoms with Crippen molar-refractivity contribution in [1.82, 2.24) is 19.5 Å². The minimum atomic E-state index is -1.71. The number of aliphatic hydroxyl groups excluding tert-OH is 1. The highest BCUT2D eigenvalue weighted by molar-refractivity contribution is 5.82. The van der Waals surface area contributed by atoms with E-state index in [-0.39, 0.29) is 30.1 Å². The van der Waals surface area contributed by atoms with E-state index in [0.29, 0.717) is 0 Å². The molecule has 11 nitrogen and oxygen atoms in total. The Morgan fingerprint density at radius 2 is 2.20 bits per heavy atom. The summed E-state index contributed by atoms with van der Waals surface area (Å²) in [5.41, 5.74) is 9.73. The highest BCUT2D eigenvalue weighted by Gasteiger charge is 2.44. The van der Waals surface area contributed by atoms with Crippen LogP contribution in [0.4, 0.5) is 5.95 Å². The predicted octanol–water partition coefficient (Wildman–Crippen LogP) is -1.13. The van der Waals surface area contributed by atoms with E-state index in [1.54, 1.807) is 13.8 Å². The van der Waals surface area contributed by atoms with Gasteiger partial charge in [-0.2, -0.15) is 4.98 Å². The van der Waals surface area contributed by atoms with Crippen LogP contribution in [0.5, 0.6) is 0 Å². The second kappa shape index (κ2) is 7.17. The van der Waals surface area contributed by atoms with Crippen LogP contribution in [-0.4, -0.2) is 50.6 Å². The molecule has 0 saturated heterocycles. The van der Waals surface area contributed by atoms with Gasteiger partial charge in [0.1, 0.15) is 0 Å². The van der Waals surface area contributed by atoms with Crippen LogP contribution in [0.25, 0.3) is 11.2 Å². The third kappa shape index (κ3) is 3.34. The number of imidazole rings is 1. The number of aromatic amines is 1. The van der Waals surface area contributed by atoms with E-state index in [2.05, 4.69) is 15.0 Å². The van der Waals surface area contributed by atoms with Gasteiger partial charge in [-0.25, -0.2) is 9.78 Å². The molecule has 2 aromatic rings. The lowest BCUT2D eigenvalue weighted by atomic mass is 9.96. The lowest BCUT2D eigenvalue weighted by Gasteiger charge is -2.33. The third-order valence-corrected chi connectivity index (χ3v) is 3.90. The van der Waals surface area contributed by atoms with E-state index >= 15 is 0 Å². The number of carbonyl (C=O) groups excluding carboxylic acids is 1. The van der Waals surface area contributed by atoms with Crippen molar-refractivity contribution in [1.29, 1.82) is 0 Å². The van der Waals surface area contributed by atoms with Crippen LogP contribution in [-0.2, 0) is 19.9 Å². The average molecular weight is 354 g/mol. The van der Waals surface area contributed by atoms with Crippen molar-refractivity contribution in [2.24, 2.45) is 11.7 Å². The first-order valence-corrected chi connectivity index (χ1v) is 7.62. The number of aromatic nitrogens is 4. The smallest absolute Gasteiger partial charge is 0.350 e. The second-order valence-electron chi connectivity index (χ2n) is 5.80. The van der Waals surface area contributed by atoms with Gasteiger partial charge in [0.05, 0.1) is 6.33 Å². The number of aliphatic hydroxyl groups is 1. The maximum Gasteiger partial charge on any atom is 0.350 e. The molecule has 2 aromatic heterocycles. The Hall–Kier alpha value is -2.50. The van der Waals surface area contributed by atoms with E-state index in [0.717, 1.165) is 0 Å². The fourth-order valence-corrected chi connectivity index (χ4v) is 2.35. The molecular formula is C14H22N6O5. The number of nitrogens with zero attached hydrogens (tertiary/aromatic N) is 3. The summed E-state index contributed by atoms with van der Waals surface area (Å²) in [5.74, 6) is -1.40. The van der Waals surface area contributed by atoms with Gasteiger partial charge in [-0.15, -0.1) is 0 Å². The van der Waals surface area contributed by atoms with Crippen molar-refractivity contribution < 1.29 is 19.4 Å². The van der Waals surface area contributed by atoms with Gasteiger partial charge in [0, 0.05) is 26.1 Å². The Morgan fingerprint density at radius 1 is 1.52 bits per heavy atom. The molecule has 0 fully saturated rings. The summed E-state index contributed by atoms with van der Waals surface area (Å²) in [6.07, 6.45) is 0.364. The molecule has 0 saturated carbocycles. The zero-order valence-corrected chi connectivity index (χ0v) is 14.2. The van der Waals surface area contributed by atoms with Crippen LogP contribution in [0, 0.1) is 5.92 Å². The average Bonchev–Trinajstić information content (AvgIpc) is 2.97. The number of rotatable bonds is 7. The van der Waals surface area contributed by atoms with Crippen molar-refractivity contribution in [3.8, 4) is 0 Å². The molecule has 0 aliphatic heterocycles. The largest absolute Gasteiger partial charge is 0.433 e. The van der Waals surface area contributed by atoms with Crippen molar-refractivity contribution >= 4 is 23.1 Å². The van der Waals surface area contributed by atoms with Gasteiger partial charge >= 0.3 is 5.97 Å². The Balaban J connectivity index is 2.53. The number of esters is 1. The Morgan fingerprint density at radius 3 is 2.76 bits per heavy atom. The molecule has 6 N–H and O–H groups in total. The van der Waals surface area contributed by atoms with Gasteiger partial charge < -0.3 is 20.3 Å². The lowest BCUT2D eigenvalue weighted by Crippen LogP contribution is -2.56. The van der Waals surface area contributed by atoms with E-state index in [4.69, 9.17) is 26.0 Å². The first-order valence-electron chi connectivity index (χ1n) is 7.62. The molecule has 0 spiro atoms. The maximum absolute atomic E-state index is 12.8. The van der Waals surface area contributed by atoms with Crippen molar-refractivity contribution in [2.45, 2.75) is 32.2 Å². The predicted molar refractivity (Wildman–Crippen MR) is 88.2 cm³/mol. The highest BCUT2D eigenvalue weighted by Crippen LogP contribution is 2.26. The van der Waals surface area contributed by atoms with Gasteiger partial charge in [-0.05, 0) is 0 Å². The highest BCUT2D eigenvalue weighted by atomic mass is 16.7. The first kappa shape index (κ1) is 18.8. The normalized spacial score (nSPS) is 15.3. The fourth-order valence-electron chi connectivity index (χ4n) is 2.35. The number of ether oxygens (including phenoxy) is 2. The molecule has 138 valence electrons. The molecule has 0 aliphatic carbocycles. The summed E-state index contributed by atoms with van der Waals surface area (Å²) in [5, 5.41) is 9.00. The zero-order chi connectivity index (χ0) is 18.8. The van der Waals surface area contributed by atoms with Crippen LogP contribution in [0.3, 0.4) is 0 Å². The van der Waals surface area contributed by atoms with Crippen LogP contribution < -0.4 is 17.0 Å². The molecule has 2 atom stereocenters. The monoisotopic (exact) mass is 354 g/mol. The quantitative estimate of drug-likeness (QED) is 0.354. The summed E-state index contributed by atoms with van der Waals surface area (Å²) in [6.45, 7) is 3.18. The van der Waals surface area contributed by atoms with Gasteiger partial charge in [0.25, 0.3) is 5.56 Å². The van der Waals surface area contributed by atoms with Crippen LogP contribution in [0.2, 0.25) is 0 Å². The Kier molecular flexibility index (Phi) is 5.40. The maximum atomic E-state index is 12.8. The molecule has 0 bridgehead atoms. The standard InChI is InChI=1S/C14H22N6O5/c1-7(2)14(16,12(23)25-8(24-3)4-5-21)20-6-17-9-10(20)18-13(15)19-11(9)22/h6-8,21H,4-5,16H2,1-3H3,(H3,15,18,19,22)/t8?,14-/m1/s1. The summed E-state index contributed by atoms with van der Waals surface area (Å²) in [7, 11) is 1.34. The summed E-state index contributed by atoms with van der Waals surface area (Å²) in [6, 6.07) is 0. The van der Waals surface area contributed by atoms with Crippen LogP contribution in [0.15, 0.2) is 11.1 Å². The molecule has 25 heavy (non-hydrogen) atoms. The van der Waals surface area contributed by atoms with Crippen molar-refractivity contribution in [3.63, 3.8) is 0 Å². The Bertz CT molecular complexity index is 816. The van der Waals surface area contributed by atoms with Gasteiger partial charge in [0.2, 0.25) is 12.2 Å². The Labute approximate surface area is 142 Å². The molecule has 11 heteroatoms. The fraction of sp³-hybridized carbons (Fsp3) is 0.571. The zero-order valence-electron chi connectivity index (χ0n) is 14.2. The number of H-pyrrole nitrogens is 1. The summed E-state index contributed by atoms with van der Waals surface area (Å²) < 4.78 is 11.5. The summed E-state index contributed by atoms with van der Waals surface area (Å²) in [4.78, 5) is 35.0. The molecule has 0 aromatic carbocycles. The molecular weight excluding hydrogens is 332 g/mol. The topological polar surface area (TPSA) is 171 Å². The number of carbonyl (C=O) groups is 1. The SMILES string of the molecule is COC(CCO)OC(=O)[C@@](N)(C(C)C)n1cnc2c(=O)[nH]c(N)nc21. The van der Waals surface area contributed by atoms with Crippen molar-refractivity contribution in [2.75, 3.05) is 19.5 Å².